The number of para-hydroxylation sites is 2. The van der Waals surface area contributed by atoms with Gasteiger partial charge in [0, 0.05) is 44.4 Å². The fraction of sp³-hybridized carbons (Fsp3) is 0.595. The first-order valence-electron chi connectivity index (χ1n) is 17.6. The smallest absolute Gasteiger partial charge is 0.423 e. The third kappa shape index (κ3) is 11.0. The number of carbonyl (C=O) groups excluding carboxylic acids is 2. The summed E-state index contributed by atoms with van der Waals surface area (Å²) in [4.78, 5) is 36.4. The number of nitrogens with zero attached hydrogens (tertiary/aromatic N) is 3. The molecule has 4 rings (SSSR count). The highest BCUT2D eigenvalue weighted by atomic mass is 32.1. The van der Waals surface area contributed by atoms with E-state index in [0.717, 1.165) is 72.5 Å². The number of hydrogen-bond acceptors (Lipinski definition) is 8. The zero-order valence-corrected chi connectivity index (χ0v) is 29.0. The third-order valence-corrected chi connectivity index (χ3v) is 9.38. The van der Waals surface area contributed by atoms with E-state index in [2.05, 4.69) is 42.3 Å². The molecule has 2 aromatic rings. The quantitative estimate of drug-likeness (QED) is 0.0766. The topological polar surface area (TPSA) is 83.5 Å². The van der Waals surface area contributed by atoms with E-state index in [1.54, 1.807) is 23.2 Å². The lowest BCUT2D eigenvalue weighted by Crippen LogP contribution is -2.51. The Labute approximate surface area is 279 Å². The van der Waals surface area contributed by atoms with E-state index in [4.69, 9.17) is 14.5 Å². The fourth-order valence-corrected chi connectivity index (χ4v) is 6.90. The highest BCUT2D eigenvalue weighted by molar-refractivity contribution is 7.09. The maximum absolute atomic E-state index is 13.9. The molecule has 1 atom stereocenters. The number of benzene rings is 1. The highest BCUT2D eigenvalue weighted by Gasteiger charge is 2.32. The lowest BCUT2D eigenvalue weighted by molar-refractivity contribution is -0.164. The van der Waals surface area contributed by atoms with Gasteiger partial charge in [-0.1, -0.05) is 82.6 Å². The van der Waals surface area contributed by atoms with E-state index in [0.29, 0.717) is 17.8 Å². The molecule has 3 heterocycles. The number of hydrogen-bond donors (Lipinski definition) is 1. The van der Waals surface area contributed by atoms with E-state index in [1.165, 1.54) is 57.8 Å². The van der Waals surface area contributed by atoms with Crippen molar-refractivity contribution < 1.29 is 19.1 Å². The first kappa shape index (κ1) is 35.7. The number of anilines is 1. The van der Waals surface area contributed by atoms with Crippen LogP contribution in [0.4, 0.5) is 16.2 Å². The molecule has 9 heteroatoms. The molecule has 0 bridgehead atoms. The number of fused-ring (bicyclic) bond motifs is 2. The van der Waals surface area contributed by atoms with E-state index < -0.39 is 12.4 Å². The average molecular weight is 651 g/mol. The Morgan fingerprint density at radius 1 is 0.935 bits per heavy atom. The molecule has 2 aliphatic heterocycles. The van der Waals surface area contributed by atoms with Gasteiger partial charge < -0.3 is 19.7 Å². The summed E-state index contributed by atoms with van der Waals surface area (Å²) in [6.45, 7) is 9.04. The van der Waals surface area contributed by atoms with Gasteiger partial charge in [0.15, 0.2) is 0 Å². The van der Waals surface area contributed by atoms with Crippen LogP contribution in [0.2, 0.25) is 0 Å². The Morgan fingerprint density at radius 2 is 1.59 bits per heavy atom. The summed E-state index contributed by atoms with van der Waals surface area (Å²) in [7, 11) is 0. The molecule has 0 aliphatic carbocycles. The van der Waals surface area contributed by atoms with Crippen LogP contribution < -0.4 is 20.1 Å². The number of carbonyl (C=O) groups is 2. The summed E-state index contributed by atoms with van der Waals surface area (Å²) in [6.07, 6.45) is 19.0. The van der Waals surface area contributed by atoms with E-state index in [-0.39, 0.29) is 5.97 Å². The molecule has 2 aliphatic rings. The third-order valence-electron chi connectivity index (χ3n) is 8.44. The van der Waals surface area contributed by atoms with Crippen LogP contribution in [0, 0.1) is 6.92 Å². The van der Waals surface area contributed by atoms with Crippen LogP contribution in [-0.2, 0) is 14.3 Å². The SMILES string of the molecule is CCCCCCCC/C=C/CCCCCCCC(=O)OC(C)OC(=O)N1C(N2CCNCC2)=c2cc(C)sc2=Nc2ccccc21. The lowest BCUT2D eigenvalue weighted by Gasteiger charge is -2.36. The maximum Gasteiger partial charge on any atom is 0.423 e. The number of amides is 1. The maximum atomic E-state index is 13.9. The Hall–Kier alpha value is -3.17. The first-order chi connectivity index (χ1) is 22.5. The molecule has 8 nitrogen and oxygen atoms in total. The fourth-order valence-electron chi connectivity index (χ4n) is 6.01. The second kappa shape index (κ2) is 19.5. The number of rotatable bonds is 18. The summed E-state index contributed by atoms with van der Waals surface area (Å²) in [5.41, 5.74) is 1.34. The van der Waals surface area contributed by atoms with Gasteiger partial charge >= 0.3 is 12.1 Å². The minimum Gasteiger partial charge on any atom is -0.425 e. The Balaban J connectivity index is 1.22. The van der Waals surface area contributed by atoms with Gasteiger partial charge in [-0.25, -0.2) is 14.7 Å². The average Bonchev–Trinajstić information content (AvgIpc) is 3.34. The van der Waals surface area contributed by atoms with E-state index in [1.807, 2.05) is 24.3 Å². The van der Waals surface area contributed by atoms with Crippen LogP contribution in [-0.4, -0.2) is 49.4 Å². The van der Waals surface area contributed by atoms with Crippen molar-refractivity contribution in [2.75, 3.05) is 31.1 Å². The molecule has 46 heavy (non-hydrogen) atoms. The van der Waals surface area contributed by atoms with E-state index >= 15 is 0 Å². The molecule has 0 spiro atoms. The van der Waals surface area contributed by atoms with Crippen molar-refractivity contribution in [3.63, 3.8) is 0 Å². The van der Waals surface area contributed by atoms with Crippen molar-refractivity contribution in [2.24, 2.45) is 4.99 Å². The highest BCUT2D eigenvalue weighted by Crippen LogP contribution is 2.34. The molecule has 1 unspecified atom stereocenters. The van der Waals surface area contributed by atoms with E-state index in [9.17, 15) is 9.59 Å². The molecule has 1 N–H and O–H groups in total. The van der Waals surface area contributed by atoms with Crippen LogP contribution in [0.15, 0.2) is 47.5 Å². The van der Waals surface area contributed by atoms with Crippen LogP contribution in [0.25, 0.3) is 5.82 Å². The van der Waals surface area contributed by atoms with Crippen molar-refractivity contribution in [1.82, 2.24) is 10.2 Å². The number of piperazine rings is 1. The van der Waals surface area contributed by atoms with Crippen LogP contribution in [0.3, 0.4) is 0 Å². The molecule has 0 radical (unpaired) electrons. The molecule has 1 saturated heterocycles. The number of aryl methyl sites for hydroxylation is 1. The van der Waals surface area contributed by atoms with Gasteiger partial charge in [-0.2, -0.15) is 0 Å². The summed E-state index contributed by atoms with van der Waals surface area (Å²) in [6, 6.07) is 9.69. The van der Waals surface area contributed by atoms with Gasteiger partial charge in [-0.05, 0) is 57.2 Å². The number of thiophene rings is 1. The van der Waals surface area contributed by atoms with Crippen molar-refractivity contribution >= 4 is 40.6 Å². The van der Waals surface area contributed by atoms with Gasteiger partial charge in [-0.15, -0.1) is 11.3 Å². The summed E-state index contributed by atoms with van der Waals surface area (Å²) < 4.78 is 12.2. The molecule has 1 aromatic heterocycles. The molecule has 252 valence electrons. The van der Waals surface area contributed by atoms with Crippen molar-refractivity contribution in [3.05, 3.63) is 57.3 Å². The largest absolute Gasteiger partial charge is 0.425 e. The van der Waals surface area contributed by atoms with Gasteiger partial charge in [0.05, 0.1) is 16.6 Å². The van der Waals surface area contributed by atoms with Crippen molar-refractivity contribution in [1.29, 1.82) is 0 Å². The number of unbranched alkanes of at least 4 members (excludes halogenated alkanes) is 11. The molecule has 1 fully saturated rings. The lowest BCUT2D eigenvalue weighted by atomic mass is 10.1. The molecular weight excluding hydrogens is 596 g/mol. The zero-order valence-electron chi connectivity index (χ0n) is 28.2. The molecule has 0 saturated carbocycles. The van der Waals surface area contributed by atoms with Gasteiger partial charge in [0.25, 0.3) is 0 Å². The Morgan fingerprint density at radius 3 is 2.30 bits per heavy atom. The predicted molar refractivity (Wildman–Crippen MR) is 188 cm³/mol. The number of esters is 1. The van der Waals surface area contributed by atoms with Crippen molar-refractivity contribution in [2.45, 2.75) is 117 Å². The Bertz CT molecular complexity index is 1400. The van der Waals surface area contributed by atoms with Crippen LogP contribution in [0.5, 0.6) is 0 Å². The molecular formula is C37H54N4O4S. The molecule has 1 aromatic carbocycles. The van der Waals surface area contributed by atoms with Crippen LogP contribution >= 0.6 is 11.3 Å². The standard InChI is InChI=1S/C37H54N4O4S/c1-4-5-6-7-8-9-10-11-12-13-14-15-16-17-18-23-34(42)44-30(3)45-37(43)41-33-22-20-19-21-32(33)39-35-31(28-29(2)46-35)36(41)40-26-24-38-25-27-40/h11-12,19-22,28,30,38H,4-10,13-18,23-27H2,1-3H3/b12-11+. The second-order valence-corrected chi connectivity index (χ2v) is 13.6. The number of allylic oxidation sites excluding steroid dienone is 2. The Kier molecular flexibility index (Phi) is 15.1. The summed E-state index contributed by atoms with van der Waals surface area (Å²) in [5.74, 6) is 0.414. The minimum atomic E-state index is -1.01. The predicted octanol–water partition coefficient (Wildman–Crippen LogP) is 7.86. The van der Waals surface area contributed by atoms with Gasteiger partial charge in [-0.3, -0.25) is 4.79 Å². The summed E-state index contributed by atoms with van der Waals surface area (Å²) in [5, 5.41) is 4.30. The first-order valence-corrected chi connectivity index (χ1v) is 18.4. The minimum absolute atomic E-state index is 0.321. The number of nitrogens with one attached hydrogen (secondary N) is 1. The monoisotopic (exact) mass is 650 g/mol. The molecule has 1 amide bonds. The number of ether oxygens (including phenoxy) is 2. The van der Waals surface area contributed by atoms with Crippen LogP contribution in [0.1, 0.15) is 109 Å². The summed E-state index contributed by atoms with van der Waals surface area (Å²) >= 11 is 1.61. The van der Waals surface area contributed by atoms with Gasteiger partial charge in [0.2, 0.25) is 6.29 Å². The van der Waals surface area contributed by atoms with Gasteiger partial charge in [0.1, 0.15) is 10.5 Å². The zero-order chi connectivity index (χ0) is 32.6. The normalized spacial score (nSPS) is 15.2. The van der Waals surface area contributed by atoms with Crippen molar-refractivity contribution in [3.8, 4) is 0 Å². The second-order valence-electron chi connectivity index (χ2n) is 12.3.